The Balaban J connectivity index is 2.43. The molecule has 10 heteroatoms. The van der Waals surface area contributed by atoms with E-state index in [2.05, 4.69) is 46.8 Å². The summed E-state index contributed by atoms with van der Waals surface area (Å²) in [6, 6.07) is 5.82. The first-order chi connectivity index (χ1) is 9.29. The summed E-state index contributed by atoms with van der Waals surface area (Å²) in [6.45, 7) is 0. The third-order valence-corrected chi connectivity index (χ3v) is 5.59. The number of aromatic nitrogens is 2. The zero-order chi connectivity index (χ0) is 14.9. The lowest BCUT2D eigenvalue weighted by Crippen LogP contribution is -2.15. The van der Waals surface area contributed by atoms with Crippen molar-refractivity contribution in [2.24, 2.45) is 0 Å². The standard InChI is InChI=1S/C10H7Br2ClN4O2S/c11-6-3-5(14)4-7(12)10(6)20(18,19)17-9-2-1-8(13)15-16-9/h1-4H,14H2,(H,16,17). The quantitative estimate of drug-likeness (QED) is 0.712. The molecule has 0 aliphatic rings. The summed E-state index contributed by atoms with van der Waals surface area (Å²) in [7, 11) is -3.85. The molecular formula is C10H7Br2ClN4O2S. The van der Waals surface area contributed by atoms with E-state index in [0.717, 1.165) is 0 Å². The van der Waals surface area contributed by atoms with Crippen molar-refractivity contribution in [2.75, 3.05) is 10.5 Å². The predicted molar refractivity (Wildman–Crippen MR) is 84.1 cm³/mol. The topological polar surface area (TPSA) is 98.0 Å². The Morgan fingerprint density at radius 3 is 2.25 bits per heavy atom. The number of benzene rings is 1. The van der Waals surface area contributed by atoms with Crippen molar-refractivity contribution in [2.45, 2.75) is 4.90 Å². The molecule has 1 aromatic heterocycles. The van der Waals surface area contributed by atoms with Crippen molar-refractivity contribution in [1.82, 2.24) is 10.2 Å². The van der Waals surface area contributed by atoms with Crippen molar-refractivity contribution in [3.8, 4) is 0 Å². The average molecular weight is 443 g/mol. The molecule has 2 rings (SSSR count). The number of nitrogens with zero attached hydrogens (tertiary/aromatic N) is 2. The minimum Gasteiger partial charge on any atom is -0.399 e. The Morgan fingerprint density at radius 1 is 1.15 bits per heavy atom. The van der Waals surface area contributed by atoms with E-state index in [1.54, 1.807) is 0 Å². The number of hydrogen-bond donors (Lipinski definition) is 2. The van der Waals surface area contributed by atoms with E-state index in [9.17, 15) is 8.42 Å². The molecule has 0 fully saturated rings. The normalized spacial score (nSPS) is 11.3. The molecule has 0 amide bonds. The fourth-order valence-corrected chi connectivity index (χ4v) is 5.11. The van der Waals surface area contributed by atoms with Gasteiger partial charge in [0.25, 0.3) is 10.0 Å². The van der Waals surface area contributed by atoms with Crippen LogP contribution in [0.5, 0.6) is 0 Å². The summed E-state index contributed by atoms with van der Waals surface area (Å²) in [5.41, 5.74) is 6.05. The van der Waals surface area contributed by atoms with E-state index >= 15 is 0 Å². The molecule has 2 aromatic rings. The van der Waals surface area contributed by atoms with E-state index in [1.807, 2.05) is 0 Å². The molecule has 1 heterocycles. The van der Waals surface area contributed by atoms with Gasteiger partial charge in [0.2, 0.25) is 0 Å². The van der Waals surface area contributed by atoms with Gasteiger partial charge in [0.05, 0.1) is 0 Å². The van der Waals surface area contributed by atoms with Gasteiger partial charge in [-0.1, -0.05) is 11.6 Å². The molecule has 0 spiro atoms. The van der Waals surface area contributed by atoms with Crippen LogP contribution in [0.25, 0.3) is 0 Å². The van der Waals surface area contributed by atoms with Crippen molar-refractivity contribution in [3.63, 3.8) is 0 Å². The first-order valence-electron chi connectivity index (χ1n) is 5.06. The molecule has 3 N–H and O–H groups in total. The lowest BCUT2D eigenvalue weighted by molar-refractivity contribution is 0.600. The number of sulfonamides is 1. The van der Waals surface area contributed by atoms with E-state index in [4.69, 9.17) is 17.3 Å². The van der Waals surface area contributed by atoms with Gasteiger partial charge in [0.15, 0.2) is 11.0 Å². The molecule has 0 bridgehead atoms. The van der Waals surface area contributed by atoms with Gasteiger partial charge >= 0.3 is 0 Å². The van der Waals surface area contributed by atoms with Gasteiger partial charge in [-0.3, -0.25) is 4.72 Å². The third kappa shape index (κ3) is 3.40. The Morgan fingerprint density at radius 2 is 1.75 bits per heavy atom. The lowest BCUT2D eigenvalue weighted by Gasteiger charge is -2.11. The maximum absolute atomic E-state index is 12.3. The largest absolute Gasteiger partial charge is 0.399 e. The van der Waals surface area contributed by atoms with E-state index in [0.29, 0.717) is 14.6 Å². The van der Waals surface area contributed by atoms with E-state index < -0.39 is 10.0 Å². The van der Waals surface area contributed by atoms with Crippen LogP contribution in [0.3, 0.4) is 0 Å². The maximum Gasteiger partial charge on any atom is 0.265 e. The summed E-state index contributed by atoms with van der Waals surface area (Å²) in [6.07, 6.45) is 0. The summed E-state index contributed by atoms with van der Waals surface area (Å²) in [4.78, 5) is 0.0171. The Kier molecular flexibility index (Phi) is 4.52. The number of rotatable bonds is 3. The smallest absolute Gasteiger partial charge is 0.265 e. The highest BCUT2D eigenvalue weighted by Gasteiger charge is 2.22. The van der Waals surface area contributed by atoms with Gasteiger partial charge < -0.3 is 5.73 Å². The maximum atomic E-state index is 12.3. The van der Waals surface area contributed by atoms with Crippen molar-refractivity contribution < 1.29 is 8.42 Å². The first kappa shape index (κ1) is 15.5. The zero-order valence-electron chi connectivity index (χ0n) is 9.64. The monoisotopic (exact) mass is 440 g/mol. The fraction of sp³-hybridized carbons (Fsp3) is 0. The molecule has 0 radical (unpaired) electrons. The van der Waals surface area contributed by atoms with Gasteiger partial charge in [0, 0.05) is 14.6 Å². The number of halogens is 3. The minimum atomic E-state index is -3.85. The van der Waals surface area contributed by atoms with Gasteiger partial charge in [-0.05, 0) is 56.1 Å². The third-order valence-electron chi connectivity index (χ3n) is 2.16. The van der Waals surface area contributed by atoms with E-state index in [-0.39, 0.29) is 15.9 Å². The highest BCUT2D eigenvalue weighted by atomic mass is 79.9. The van der Waals surface area contributed by atoms with Crippen molar-refractivity contribution in [3.05, 3.63) is 38.4 Å². The highest BCUT2D eigenvalue weighted by molar-refractivity contribution is 9.11. The van der Waals surface area contributed by atoms with Gasteiger partial charge in [-0.2, -0.15) is 0 Å². The average Bonchev–Trinajstić information content (AvgIpc) is 2.30. The molecule has 0 aliphatic heterocycles. The molecule has 0 aliphatic carbocycles. The predicted octanol–water partition coefficient (Wildman–Crippen LogP) is 3.04. The Bertz CT molecular complexity index is 729. The summed E-state index contributed by atoms with van der Waals surface area (Å²) in [5, 5.41) is 7.37. The fourth-order valence-electron chi connectivity index (χ4n) is 1.40. The molecule has 0 unspecified atom stereocenters. The Labute approximate surface area is 137 Å². The lowest BCUT2D eigenvalue weighted by atomic mass is 10.3. The van der Waals surface area contributed by atoms with Gasteiger partial charge in [-0.25, -0.2) is 8.42 Å². The molecule has 0 saturated heterocycles. The molecular weight excluding hydrogens is 435 g/mol. The van der Waals surface area contributed by atoms with Gasteiger partial charge in [-0.15, -0.1) is 10.2 Å². The zero-order valence-corrected chi connectivity index (χ0v) is 14.4. The van der Waals surface area contributed by atoms with E-state index in [1.165, 1.54) is 24.3 Å². The number of nitrogens with one attached hydrogen (secondary N) is 1. The van der Waals surface area contributed by atoms with Crippen LogP contribution in [0.2, 0.25) is 5.15 Å². The summed E-state index contributed by atoms with van der Waals surface area (Å²) >= 11 is 11.9. The number of nitrogen functional groups attached to an aromatic ring is 1. The van der Waals surface area contributed by atoms with Crippen LogP contribution in [0.1, 0.15) is 0 Å². The molecule has 6 nitrogen and oxygen atoms in total. The van der Waals surface area contributed by atoms with Crippen molar-refractivity contribution in [1.29, 1.82) is 0 Å². The van der Waals surface area contributed by atoms with Crippen LogP contribution in [-0.4, -0.2) is 18.6 Å². The molecule has 20 heavy (non-hydrogen) atoms. The number of hydrogen-bond acceptors (Lipinski definition) is 5. The summed E-state index contributed by atoms with van der Waals surface area (Å²) < 4.78 is 27.6. The second kappa shape index (κ2) is 5.84. The van der Waals surface area contributed by atoms with Crippen LogP contribution in [0.15, 0.2) is 38.1 Å². The second-order valence-corrected chi connectivity index (χ2v) is 7.38. The van der Waals surface area contributed by atoms with Crippen LogP contribution >= 0.6 is 43.5 Å². The summed E-state index contributed by atoms with van der Waals surface area (Å²) in [5.74, 6) is 0.0602. The highest BCUT2D eigenvalue weighted by Crippen LogP contribution is 2.33. The SMILES string of the molecule is Nc1cc(Br)c(S(=O)(=O)Nc2ccc(Cl)nn2)c(Br)c1. The number of nitrogens with two attached hydrogens (primary N) is 1. The van der Waals surface area contributed by atoms with Crippen LogP contribution in [0, 0.1) is 0 Å². The number of anilines is 2. The molecule has 0 atom stereocenters. The van der Waals surface area contributed by atoms with Gasteiger partial charge in [0.1, 0.15) is 4.90 Å². The molecule has 0 saturated carbocycles. The second-order valence-electron chi connectivity index (χ2n) is 3.66. The van der Waals surface area contributed by atoms with Crippen LogP contribution in [0.4, 0.5) is 11.5 Å². The Hall–Kier alpha value is -0.900. The van der Waals surface area contributed by atoms with Crippen molar-refractivity contribution >= 4 is 65.0 Å². The van der Waals surface area contributed by atoms with Crippen LogP contribution in [-0.2, 0) is 10.0 Å². The van der Waals surface area contributed by atoms with Crippen LogP contribution < -0.4 is 10.5 Å². The molecule has 1 aromatic carbocycles. The molecule has 106 valence electrons. The first-order valence-corrected chi connectivity index (χ1v) is 8.51. The minimum absolute atomic E-state index is 0.0171.